The van der Waals surface area contributed by atoms with Gasteiger partial charge in [-0.05, 0) is 28.1 Å². The molecule has 0 aliphatic rings. The van der Waals surface area contributed by atoms with E-state index in [1.165, 1.54) is 0 Å². The lowest BCUT2D eigenvalue weighted by molar-refractivity contribution is 0.0953. The Bertz CT molecular complexity index is 308. The number of halogens is 1. The minimum atomic E-state index is -0.188. The van der Waals surface area contributed by atoms with E-state index in [0.717, 1.165) is 4.47 Å². The topological polar surface area (TPSA) is 42.0 Å². The van der Waals surface area contributed by atoms with E-state index in [9.17, 15) is 4.79 Å². The van der Waals surface area contributed by atoms with Crippen LogP contribution in [0.25, 0.3) is 0 Å². The second-order valence-corrected chi connectivity index (χ2v) is 3.28. The molecule has 0 fully saturated rings. The second kappa shape index (κ2) is 4.77. The van der Waals surface area contributed by atoms with E-state index < -0.39 is 0 Å². The van der Waals surface area contributed by atoms with Gasteiger partial charge in [0.1, 0.15) is 5.69 Å². The first-order valence-corrected chi connectivity index (χ1v) is 4.54. The van der Waals surface area contributed by atoms with Crippen LogP contribution in [0.1, 0.15) is 10.5 Å². The van der Waals surface area contributed by atoms with Crippen LogP contribution < -0.4 is 5.32 Å². The molecule has 0 unspecified atom stereocenters. The van der Waals surface area contributed by atoms with Gasteiger partial charge in [-0.15, -0.1) is 6.58 Å². The van der Waals surface area contributed by atoms with E-state index in [4.69, 9.17) is 0 Å². The third-order valence-electron chi connectivity index (χ3n) is 1.37. The van der Waals surface area contributed by atoms with E-state index in [1.54, 1.807) is 24.4 Å². The Morgan fingerprint density at radius 1 is 1.69 bits per heavy atom. The van der Waals surface area contributed by atoms with Crippen molar-refractivity contribution < 1.29 is 4.79 Å². The van der Waals surface area contributed by atoms with E-state index in [-0.39, 0.29) is 5.91 Å². The fourth-order valence-corrected chi connectivity index (χ4v) is 1.00. The average Bonchev–Trinajstić information content (AvgIpc) is 2.15. The number of rotatable bonds is 3. The third kappa shape index (κ3) is 2.99. The molecule has 68 valence electrons. The molecule has 0 radical (unpaired) electrons. The largest absolute Gasteiger partial charge is 0.347 e. The zero-order chi connectivity index (χ0) is 9.68. The van der Waals surface area contributed by atoms with Crippen LogP contribution in [0, 0.1) is 0 Å². The van der Waals surface area contributed by atoms with E-state index in [0.29, 0.717) is 12.2 Å². The van der Waals surface area contributed by atoms with Crippen molar-refractivity contribution in [2.45, 2.75) is 0 Å². The molecule has 1 aromatic heterocycles. The van der Waals surface area contributed by atoms with Crippen LogP contribution >= 0.6 is 15.9 Å². The maximum Gasteiger partial charge on any atom is 0.270 e. The average molecular weight is 241 g/mol. The van der Waals surface area contributed by atoms with Gasteiger partial charge in [0, 0.05) is 17.2 Å². The Morgan fingerprint density at radius 2 is 2.46 bits per heavy atom. The van der Waals surface area contributed by atoms with E-state index in [2.05, 4.69) is 32.8 Å². The van der Waals surface area contributed by atoms with Crippen LogP contribution in [0.5, 0.6) is 0 Å². The summed E-state index contributed by atoms with van der Waals surface area (Å²) in [4.78, 5) is 15.2. The summed E-state index contributed by atoms with van der Waals surface area (Å²) in [5.41, 5.74) is 0.407. The molecule has 0 aliphatic heterocycles. The highest BCUT2D eigenvalue weighted by Gasteiger charge is 2.03. The molecule has 4 heteroatoms. The highest BCUT2D eigenvalue weighted by atomic mass is 79.9. The van der Waals surface area contributed by atoms with Gasteiger partial charge in [0.25, 0.3) is 5.91 Å². The summed E-state index contributed by atoms with van der Waals surface area (Å²) in [5, 5.41) is 2.63. The van der Waals surface area contributed by atoms with Crippen LogP contribution in [0.3, 0.4) is 0 Å². The molecule has 1 aromatic rings. The molecule has 0 saturated heterocycles. The summed E-state index contributed by atoms with van der Waals surface area (Å²) in [5.74, 6) is -0.188. The summed E-state index contributed by atoms with van der Waals surface area (Å²) in [6.07, 6.45) is 3.21. The SMILES string of the molecule is C=CCNC(=O)c1ccc(Br)cn1. The van der Waals surface area contributed by atoms with Gasteiger partial charge in [0.05, 0.1) is 0 Å². The van der Waals surface area contributed by atoms with Crippen molar-refractivity contribution in [1.29, 1.82) is 0 Å². The third-order valence-corrected chi connectivity index (χ3v) is 1.84. The molecule has 0 aromatic carbocycles. The van der Waals surface area contributed by atoms with Crippen molar-refractivity contribution in [1.82, 2.24) is 10.3 Å². The summed E-state index contributed by atoms with van der Waals surface area (Å²) < 4.78 is 0.854. The molecule has 0 saturated carbocycles. The first-order valence-electron chi connectivity index (χ1n) is 3.74. The monoisotopic (exact) mass is 240 g/mol. The normalized spacial score (nSPS) is 9.31. The van der Waals surface area contributed by atoms with Crippen molar-refractivity contribution in [3.8, 4) is 0 Å². The Morgan fingerprint density at radius 3 is 3.00 bits per heavy atom. The second-order valence-electron chi connectivity index (χ2n) is 2.36. The molecule has 13 heavy (non-hydrogen) atoms. The number of carbonyl (C=O) groups excluding carboxylic acids is 1. The first kappa shape index (κ1) is 9.92. The number of nitrogens with one attached hydrogen (secondary N) is 1. The van der Waals surface area contributed by atoms with Crippen LogP contribution in [0.4, 0.5) is 0 Å². The maximum absolute atomic E-state index is 11.3. The number of hydrogen-bond donors (Lipinski definition) is 1. The fourth-order valence-electron chi connectivity index (χ4n) is 0.766. The molecule has 1 amide bonds. The standard InChI is InChI=1S/C9H9BrN2O/c1-2-5-11-9(13)8-4-3-7(10)6-12-8/h2-4,6H,1,5H2,(H,11,13). The van der Waals surface area contributed by atoms with Crippen molar-refractivity contribution in [2.24, 2.45) is 0 Å². The molecular formula is C9H9BrN2O. The zero-order valence-electron chi connectivity index (χ0n) is 6.96. The molecule has 3 nitrogen and oxygen atoms in total. The number of pyridine rings is 1. The zero-order valence-corrected chi connectivity index (χ0v) is 8.54. The lowest BCUT2D eigenvalue weighted by atomic mass is 10.3. The van der Waals surface area contributed by atoms with Gasteiger partial charge in [0.15, 0.2) is 0 Å². The highest BCUT2D eigenvalue weighted by Crippen LogP contribution is 2.06. The van der Waals surface area contributed by atoms with Crippen molar-refractivity contribution >= 4 is 21.8 Å². The fraction of sp³-hybridized carbons (Fsp3) is 0.111. The van der Waals surface area contributed by atoms with Gasteiger partial charge in [-0.3, -0.25) is 4.79 Å². The number of hydrogen-bond acceptors (Lipinski definition) is 2. The minimum absolute atomic E-state index is 0.188. The Balaban J connectivity index is 2.66. The lowest BCUT2D eigenvalue weighted by Gasteiger charge is -2.00. The lowest BCUT2D eigenvalue weighted by Crippen LogP contribution is -2.23. The van der Waals surface area contributed by atoms with Gasteiger partial charge < -0.3 is 5.32 Å². The van der Waals surface area contributed by atoms with Crippen LogP contribution in [0.15, 0.2) is 35.5 Å². The van der Waals surface area contributed by atoms with Gasteiger partial charge in [0.2, 0.25) is 0 Å². The smallest absolute Gasteiger partial charge is 0.270 e. The van der Waals surface area contributed by atoms with Gasteiger partial charge in [-0.1, -0.05) is 6.08 Å². The Labute approximate surface area is 85.0 Å². The minimum Gasteiger partial charge on any atom is -0.347 e. The van der Waals surface area contributed by atoms with Gasteiger partial charge >= 0.3 is 0 Å². The molecule has 1 N–H and O–H groups in total. The summed E-state index contributed by atoms with van der Waals surface area (Å²) in [6, 6.07) is 3.43. The molecular weight excluding hydrogens is 232 g/mol. The Hall–Kier alpha value is -1.16. The number of aromatic nitrogens is 1. The first-order chi connectivity index (χ1) is 6.24. The van der Waals surface area contributed by atoms with Crippen molar-refractivity contribution in [3.05, 3.63) is 41.2 Å². The van der Waals surface area contributed by atoms with Crippen LogP contribution in [0.2, 0.25) is 0 Å². The molecule has 1 rings (SSSR count). The maximum atomic E-state index is 11.3. The van der Waals surface area contributed by atoms with Crippen LogP contribution in [-0.2, 0) is 0 Å². The predicted molar refractivity (Wildman–Crippen MR) is 54.5 cm³/mol. The van der Waals surface area contributed by atoms with Crippen LogP contribution in [-0.4, -0.2) is 17.4 Å². The summed E-state index contributed by atoms with van der Waals surface area (Å²) >= 11 is 3.24. The molecule has 0 atom stereocenters. The number of nitrogens with zero attached hydrogens (tertiary/aromatic N) is 1. The molecule has 0 aliphatic carbocycles. The summed E-state index contributed by atoms with van der Waals surface area (Å²) in [6.45, 7) is 3.95. The van der Waals surface area contributed by atoms with Gasteiger partial charge in [-0.25, -0.2) is 4.98 Å². The summed E-state index contributed by atoms with van der Waals surface area (Å²) in [7, 11) is 0. The molecule has 0 bridgehead atoms. The number of carbonyl (C=O) groups is 1. The predicted octanol–water partition coefficient (Wildman–Crippen LogP) is 1.76. The van der Waals surface area contributed by atoms with Gasteiger partial charge in [-0.2, -0.15) is 0 Å². The van der Waals surface area contributed by atoms with E-state index in [1.807, 2.05) is 0 Å². The van der Waals surface area contributed by atoms with Crippen molar-refractivity contribution in [3.63, 3.8) is 0 Å². The van der Waals surface area contributed by atoms with E-state index >= 15 is 0 Å². The molecule has 1 heterocycles. The highest BCUT2D eigenvalue weighted by molar-refractivity contribution is 9.10. The Kier molecular flexibility index (Phi) is 3.64. The quantitative estimate of drug-likeness (QED) is 0.819. The van der Waals surface area contributed by atoms with Crippen molar-refractivity contribution in [2.75, 3.05) is 6.54 Å². The molecule has 0 spiro atoms. The number of amides is 1.